The predicted octanol–water partition coefficient (Wildman–Crippen LogP) is 2.75. The third-order valence-corrected chi connectivity index (χ3v) is 6.65. The molecule has 1 aromatic carbocycles. The highest BCUT2D eigenvalue weighted by atomic mass is 32.2. The normalized spacial score (nSPS) is 24.2. The second-order valence-electron chi connectivity index (χ2n) is 6.61. The summed E-state index contributed by atoms with van der Waals surface area (Å²) < 4.78 is 29.7. The highest BCUT2D eigenvalue weighted by Crippen LogP contribution is 2.40. The molecule has 0 bridgehead atoms. The molecule has 7 heteroatoms. The Morgan fingerprint density at radius 1 is 1.24 bits per heavy atom. The van der Waals surface area contributed by atoms with Gasteiger partial charge in [0, 0.05) is 24.9 Å². The van der Waals surface area contributed by atoms with Crippen LogP contribution in [-0.2, 0) is 10.0 Å². The quantitative estimate of drug-likeness (QED) is 0.798. The number of hydrogen-bond acceptors (Lipinski definition) is 5. The van der Waals surface area contributed by atoms with Crippen molar-refractivity contribution in [2.75, 3.05) is 13.1 Å². The zero-order valence-electron chi connectivity index (χ0n) is 14.1. The molecule has 2 N–H and O–H groups in total. The summed E-state index contributed by atoms with van der Waals surface area (Å²) in [5, 5.41) is 7.16. The third kappa shape index (κ3) is 3.49. The van der Waals surface area contributed by atoms with E-state index < -0.39 is 14.8 Å². The zero-order valence-corrected chi connectivity index (χ0v) is 15.8. The number of thiocarbonyl (C=S) groups is 1. The number of nitrogens with zero attached hydrogens (tertiary/aromatic N) is 1. The van der Waals surface area contributed by atoms with Crippen molar-refractivity contribution < 1.29 is 13.2 Å². The van der Waals surface area contributed by atoms with Gasteiger partial charge in [-0.15, -0.1) is 0 Å². The number of benzene rings is 1. The van der Waals surface area contributed by atoms with E-state index in [2.05, 4.69) is 4.90 Å². The Bertz CT molecular complexity index is 825. The van der Waals surface area contributed by atoms with Gasteiger partial charge < -0.3 is 9.64 Å². The summed E-state index contributed by atoms with van der Waals surface area (Å²) in [4.78, 5) is 2.15. The minimum atomic E-state index is -3.92. The van der Waals surface area contributed by atoms with Gasteiger partial charge >= 0.3 is 0 Å². The fourth-order valence-electron chi connectivity index (χ4n) is 3.30. The molecule has 1 fully saturated rings. The topological polar surface area (TPSA) is 72.6 Å². The van der Waals surface area contributed by atoms with Gasteiger partial charge in [0.05, 0.1) is 5.70 Å². The molecular weight excluding hydrogens is 356 g/mol. The summed E-state index contributed by atoms with van der Waals surface area (Å²) in [5.41, 5.74) is 1.54. The van der Waals surface area contributed by atoms with Crippen molar-refractivity contribution in [3.63, 3.8) is 0 Å². The number of primary sulfonamides is 1. The maximum absolute atomic E-state index is 12.5. The summed E-state index contributed by atoms with van der Waals surface area (Å²) in [6.07, 6.45) is 4.27. The molecule has 0 aromatic heterocycles. The summed E-state index contributed by atoms with van der Waals surface area (Å²) in [6.45, 7) is 3.33. The third-order valence-electron chi connectivity index (χ3n) is 4.77. The van der Waals surface area contributed by atoms with Gasteiger partial charge in [0.25, 0.3) is 0 Å². The molecule has 0 amide bonds. The summed E-state index contributed by atoms with van der Waals surface area (Å²) in [6, 6.07) is 9.18. The highest BCUT2D eigenvalue weighted by Gasteiger charge is 2.47. The minimum absolute atomic E-state index is 0.203. The fourth-order valence-corrected chi connectivity index (χ4v) is 4.22. The van der Waals surface area contributed by atoms with Crippen LogP contribution in [0.5, 0.6) is 5.75 Å². The SMILES string of the molecule is CC1(S(N)(=O)=O)CC(C=S)=CC(N2CCCC2)=C1Oc1ccccc1. The van der Waals surface area contributed by atoms with E-state index >= 15 is 0 Å². The maximum Gasteiger partial charge on any atom is 0.222 e. The Morgan fingerprint density at radius 3 is 2.44 bits per heavy atom. The van der Waals surface area contributed by atoms with E-state index in [9.17, 15) is 8.42 Å². The number of likely N-dealkylation sites (tertiary alicyclic amines) is 1. The molecule has 3 rings (SSSR count). The molecule has 25 heavy (non-hydrogen) atoms. The largest absolute Gasteiger partial charge is 0.458 e. The smallest absolute Gasteiger partial charge is 0.222 e. The molecule has 1 aliphatic heterocycles. The van der Waals surface area contributed by atoms with Crippen molar-refractivity contribution in [2.45, 2.75) is 30.9 Å². The van der Waals surface area contributed by atoms with Crippen molar-refractivity contribution in [1.29, 1.82) is 0 Å². The lowest BCUT2D eigenvalue weighted by atomic mass is 9.91. The van der Waals surface area contributed by atoms with Crippen LogP contribution in [0.25, 0.3) is 0 Å². The fraction of sp³-hybridized carbons (Fsp3) is 0.389. The van der Waals surface area contributed by atoms with Gasteiger partial charge in [-0.25, -0.2) is 13.6 Å². The molecule has 1 aliphatic carbocycles. The first-order valence-electron chi connectivity index (χ1n) is 8.26. The van der Waals surface area contributed by atoms with E-state index in [0.29, 0.717) is 11.5 Å². The lowest BCUT2D eigenvalue weighted by Crippen LogP contribution is -2.47. The maximum atomic E-state index is 12.5. The van der Waals surface area contributed by atoms with Gasteiger partial charge in [0.1, 0.15) is 16.3 Å². The van der Waals surface area contributed by atoms with E-state index in [-0.39, 0.29) is 6.42 Å². The van der Waals surface area contributed by atoms with Crippen LogP contribution in [-0.4, -0.2) is 36.5 Å². The van der Waals surface area contributed by atoms with Gasteiger partial charge in [-0.1, -0.05) is 30.4 Å². The average Bonchev–Trinajstić information content (AvgIpc) is 3.11. The van der Waals surface area contributed by atoms with Gasteiger partial charge in [-0.2, -0.15) is 0 Å². The van der Waals surface area contributed by atoms with Gasteiger partial charge in [-0.05, 0) is 43.5 Å². The summed E-state index contributed by atoms with van der Waals surface area (Å²) in [5.74, 6) is 0.965. The number of rotatable bonds is 5. The molecule has 5 nitrogen and oxygen atoms in total. The molecule has 1 saturated heterocycles. The summed E-state index contributed by atoms with van der Waals surface area (Å²) >= 11 is 5.08. The number of ether oxygens (including phenoxy) is 1. The first kappa shape index (κ1) is 18.1. The molecule has 1 unspecified atom stereocenters. The van der Waals surface area contributed by atoms with Crippen LogP contribution in [0.3, 0.4) is 0 Å². The van der Waals surface area contributed by atoms with Crippen LogP contribution in [0.15, 0.2) is 53.4 Å². The number of para-hydroxylation sites is 1. The number of allylic oxidation sites excluding steroid dienone is 2. The Kier molecular flexibility index (Phi) is 4.99. The summed E-state index contributed by atoms with van der Waals surface area (Å²) in [7, 11) is -3.92. The van der Waals surface area contributed by atoms with Gasteiger partial charge in [0.15, 0.2) is 0 Å². The molecule has 134 valence electrons. The van der Waals surface area contributed by atoms with Crippen LogP contribution < -0.4 is 9.88 Å². The van der Waals surface area contributed by atoms with Gasteiger partial charge in [0.2, 0.25) is 10.0 Å². The highest BCUT2D eigenvalue weighted by molar-refractivity contribution is 7.90. The lowest BCUT2D eigenvalue weighted by molar-refractivity contribution is 0.318. The molecule has 1 aromatic rings. The van der Waals surface area contributed by atoms with Gasteiger partial charge in [-0.3, -0.25) is 0 Å². The van der Waals surface area contributed by atoms with E-state index in [1.807, 2.05) is 24.3 Å². The Hall–Kier alpha value is -1.70. The Labute approximate surface area is 154 Å². The molecule has 1 heterocycles. The lowest BCUT2D eigenvalue weighted by Gasteiger charge is -2.37. The molecule has 1 atom stereocenters. The van der Waals surface area contributed by atoms with Crippen molar-refractivity contribution >= 4 is 27.6 Å². The molecule has 0 saturated carbocycles. The average molecular weight is 379 g/mol. The van der Waals surface area contributed by atoms with Crippen LogP contribution >= 0.6 is 12.2 Å². The zero-order chi connectivity index (χ0) is 18.1. The first-order chi connectivity index (χ1) is 11.8. The standard InChI is InChI=1S/C18H22N2O3S2/c1-18(25(19,21)22)12-14(13-24)11-16(20-9-5-6-10-20)17(18)23-15-7-3-2-4-8-15/h2-4,7-8,11,13H,5-6,9-10,12H2,1H3,(H2,19,21,22). The minimum Gasteiger partial charge on any atom is -0.458 e. The molecule has 0 spiro atoms. The van der Waals surface area contributed by atoms with E-state index in [1.165, 1.54) is 5.37 Å². The molecule has 0 radical (unpaired) electrons. The van der Waals surface area contributed by atoms with Crippen molar-refractivity contribution in [2.24, 2.45) is 5.14 Å². The number of nitrogens with two attached hydrogens (primary N) is 1. The molecular formula is C18H22N2O3S2. The number of hydrogen-bond donors (Lipinski definition) is 1. The van der Waals surface area contributed by atoms with Crippen LogP contribution in [0.1, 0.15) is 26.2 Å². The first-order valence-corrected chi connectivity index (χ1v) is 10.3. The molecule has 2 aliphatic rings. The van der Waals surface area contributed by atoms with Crippen LogP contribution in [0.2, 0.25) is 0 Å². The monoisotopic (exact) mass is 378 g/mol. The van der Waals surface area contributed by atoms with Crippen molar-refractivity contribution in [1.82, 2.24) is 4.90 Å². The van der Waals surface area contributed by atoms with E-state index in [4.69, 9.17) is 22.1 Å². The van der Waals surface area contributed by atoms with Crippen LogP contribution in [0.4, 0.5) is 0 Å². The van der Waals surface area contributed by atoms with E-state index in [1.54, 1.807) is 19.1 Å². The Balaban J connectivity index is 2.18. The van der Waals surface area contributed by atoms with E-state index in [0.717, 1.165) is 37.2 Å². The predicted molar refractivity (Wildman–Crippen MR) is 103 cm³/mol. The second-order valence-corrected chi connectivity index (χ2v) is 8.84. The second kappa shape index (κ2) is 6.90. The van der Waals surface area contributed by atoms with Crippen LogP contribution in [0, 0.1) is 0 Å². The van der Waals surface area contributed by atoms with Crippen molar-refractivity contribution in [3.05, 3.63) is 53.4 Å². The number of sulfonamides is 1. The Morgan fingerprint density at radius 2 is 1.88 bits per heavy atom. The van der Waals surface area contributed by atoms with Crippen molar-refractivity contribution in [3.8, 4) is 5.75 Å².